The highest BCUT2D eigenvalue weighted by Gasteiger charge is 2.09. The zero-order valence-corrected chi connectivity index (χ0v) is 14.2. The molecule has 2 aromatic heterocycles. The molecule has 0 unspecified atom stereocenters. The first kappa shape index (κ1) is 17.0. The first-order valence-electron chi connectivity index (χ1n) is 8.48. The minimum Gasteiger partial charge on any atom is -0.294 e. The van der Waals surface area contributed by atoms with E-state index in [0.29, 0.717) is 12.0 Å². The largest absolute Gasteiger partial charge is 0.294 e. The zero-order valence-electron chi connectivity index (χ0n) is 14.2. The van der Waals surface area contributed by atoms with Crippen molar-refractivity contribution in [1.82, 2.24) is 10.2 Å². The van der Waals surface area contributed by atoms with E-state index in [-0.39, 0.29) is 11.6 Å². The van der Waals surface area contributed by atoms with Gasteiger partial charge in [-0.2, -0.15) is 5.10 Å². The Morgan fingerprint density at radius 3 is 2.52 bits per heavy atom. The van der Waals surface area contributed by atoms with E-state index in [9.17, 15) is 9.18 Å². The monoisotopic (exact) mass is 338 g/mol. The quantitative estimate of drug-likeness (QED) is 0.527. The van der Waals surface area contributed by atoms with E-state index in [1.807, 2.05) is 24.5 Å². The summed E-state index contributed by atoms with van der Waals surface area (Å²) in [6.07, 6.45) is 6.11. The number of carbonyl (C=O) groups excluding carboxylic acids is 1. The second-order valence-corrected chi connectivity index (χ2v) is 5.99. The van der Waals surface area contributed by atoms with Crippen molar-refractivity contribution in [2.75, 3.05) is 0 Å². The van der Waals surface area contributed by atoms with Crippen LogP contribution in [0.3, 0.4) is 0 Å². The van der Waals surface area contributed by atoms with Crippen molar-refractivity contribution < 1.29 is 13.8 Å². The SMILES string of the molecule is CCc1cc(-c2cc[n+](CCCC(=O)c3ccc(F)cc3)cc2)n[nH]1. The summed E-state index contributed by atoms with van der Waals surface area (Å²) in [5.74, 6) is -0.281. The third kappa shape index (κ3) is 4.38. The van der Waals surface area contributed by atoms with E-state index in [2.05, 4.69) is 27.8 Å². The van der Waals surface area contributed by atoms with E-state index >= 15 is 0 Å². The molecule has 3 aromatic rings. The van der Waals surface area contributed by atoms with Gasteiger partial charge in [0.05, 0.1) is 5.69 Å². The first-order valence-corrected chi connectivity index (χ1v) is 8.48. The standard InChI is InChI=1S/C20H20FN3O/c1-2-18-14-19(23-22-18)15-9-12-24(13-10-15)11-3-4-20(25)16-5-7-17(21)8-6-16/h5-10,12-14H,2-4,11H2,1H3/p+1. The number of benzene rings is 1. The highest BCUT2D eigenvalue weighted by Crippen LogP contribution is 2.16. The molecule has 128 valence electrons. The van der Waals surface area contributed by atoms with Crippen LogP contribution in [0.4, 0.5) is 4.39 Å². The average molecular weight is 338 g/mol. The second-order valence-electron chi connectivity index (χ2n) is 5.99. The number of hydrogen-bond acceptors (Lipinski definition) is 2. The maximum absolute atomic E-state index is 12.9. The lowest BCUT2D eigenvalue weighted by Crippen LogP contribution is -2.32. The lowest BCUT2D eigenvalue weighted by Gasteiger charge is -2.01. The summed E-state index contributed by atoms with van der Waals surface area (Å²) in [6.45, 7) is 2.84. The molecule has 0 atom stereocenters. The van der Waals surface area contributed by atoms with Crippen molar-refractivity contribution in [3.05, 3.63) is 71.9 Å². The summed E-state index contributed by atoms with van der Waals surface area (Å²) in [5, 5.41) is 7.32. The Kier molecular flexibility index (Phi) is 5.33. The number of Topliss-reactive ketones (excluding diaryl/α,β-unsaturated/α-hetero) is 1. The molecule has 25 heavy (non-hydrogen) atoms. The van der Waals surface area contributed by atoms with Crippen LogP contribution in [0.1, 0.15) is 35.8 Å². The summed E-state index contributed by atoms with van der Waals surface area (Å²) in [5.41, 5.74) is 3.68. The molecule has 0 saturated heterocycles. The number of carbonyl (C=O) groups is 1. The highest BCUT2D eigenvalue weighted by molar-refractivity contribution is 5.95. The van der Waals surface area contributed by atoms with Gasteiger partial charge in [-0.05, 0) is 36.8 Å². The van der Waals surface area contributed by atoms with Gasteiger partial charge >= 0.3 is 0 Å². The van der Waals surface area contributed by atoms with Crippen molar-refractivity contribution in [2.24, 2.45) is 0 Å². The fraction of sp³-hybridized carbons (Fsp3) is 0.250. The van der Waals surface area contributed by atoms with E-state index in [1.54, 1.807) is 0 Å². The Morgan fingerprint density at radius 2 is 1.88 bits per heavy atom. The van der Waals surface area contributed by atoms with Crippen molar-refractivity contribution >= 4 is 5.78 Å². The fourth-order valence-electron chi connectivity index (χ4n) is 2.67. The van der Waals surface area contributed by atoms with Crippen LogP contribution in [0.15, 0.2) is 54.9 Å². The molecule has 0 fully saturated rings. The van der Waals surface area contributed by atoms with Crippen LogP contribution < -0.4 is 4.57 Å². The number of hydrogen-bond donors (Lipinski definition) is 1. The van der Waals surface area contributed by atoms with Crippen LogP contribution in [-0.2, 0) is 13.0 Å². The van der Waals surface area contributed by atoms with Gasteiger partial charge in [0.15, 0.2) is 18.2 Å². The molecule has 0 aliphatic carbocycles. The van der Waals surface area contributed by atoms with Crippen LogP contribution in [0, 0.1) is 5.82 Å². The van der Waals surface area contributed by atoms with Crippen LogP contribution in [0.2, 0.25) is 0 Å². The highest BCUT2D eigenvalue weighted by atomic mass is 19.1. The van der Waals surface area contributed by atoms with Crippen molar-refractivity contribution in [2.45, 2.75) is 32.7 Å². The van der Waals surface area contributed by atoms with Crippen LogP contribution >= 0.6 is 0 Å². The third-order valence-electron chi connectivity index (χ3n) is 4.19. The summed E-state index contributed by atoms with van der Waals surface area (Å²) >= 11 is 0. The summed E-state index contributed by atoms with van der Waals surface area (Å²) in [4.78, 5) is 12.1. The Hall–Kier alpha value is -2.82. The molecule has 1 N–H and O–H groups in total. The van der Waals surface area contributed by atoms with Gasteiger partial charge in [0.25, 0.3) is 0 Å². The zero-order chi connectivity index (χ0) is 17.6. The first-order chi connectivity index (χ1) is 12.2. The van der Waals surface area contributed by atoms with Crippen LogP contribution in [0.5, 0.6) is 0 Å². The minimum absolute atomic E-state index is 0.0424. The number of ketones is 1. The Balaban J connectivity index is 1.53. The molecule has 0 radical (unpaired) electrons. The topological polar surface area (TPSA) is 49.6 Å². The number of pyridine rings is 1. The molecule has 4 nitrogen and oxygen atoms in total. The van der Waals surface area contributed by atoms with E-state index < -0.39 is 0 Å². The molecule has 0 aliphatic heterocycles. The maximum Gasteiger partial charge on any atom is 0.169 e. The van der Waals surface area contributed by atoms with Gasteiger partial charge in [0.1, 0.15) is 12.4 Å². The van der Waals surface area contributed by atoms with Crippen molar-refractivity contribution in [3.8, 4) is 11.3 Å². The molecule has 2 heterocycles. The normalized spacial score (nSPS) is 10.8. The van der Waals surface area contributed by atoms with E-state index in [4.69, 9.17) is 0 Å². The van der Waals surface area contributed by atoms with Gasteiger partial charge in [-0.1, -0.05) is 6.92 Å². The molecule has 3 rings (SSSR count). The van der Waals surface area contributed by atoms with Gasteiger partial charge in [-0.25, -0.2) is 8.96 Å². The van der Waals surface area contributed by atoms with Gasteiger partial charge in [-0.3, -0.25) is 9.89 Å². The van der Waals surface area contributed by atoms with Gasteiger partial charge in [0.2, 0.25) is 0 Å². The molecule has 0 amide bonds. The number of H-pyrrole nitrogens is 1. The summed E-state index contributed by atoms with van der Waals surface area (Å²) in [7, 11) is 0. The van der Waals surface area contributed by atoms with Crippen LogP contribution in [-0.4, -0.2) is 16.0 Å². The Morgan fingerprint density at radius 1 is 1.16 bits per heavy atom. The number of aryl methyl sites for hydroxylation is 2. The summed E-state index contributed by atoms with van der Waals surface area (Å²) in [6, 6.07) is 11.8. The van der Waals surface area contributed by atoms with Crippen LogP contribution in [0.25, 0.3) is 11.3 Å². The Bertz CT molecular complexity index is 838. The van der Waals surface area contributed by atoms with Crippen molar-refractivity contribution in [1.29, 1.82) is 0 Å². The molecule has 0 bridgehead atoms. The molecule has 1 aromatic carbocycles. The van der Waals surface area contributed by atoms with Crippen molar-refractivity contribution in [3.63, 3.8) is 0 Å². The number of aromatic nitrogens is 3. The van der Waals surface area contributed by atoms with E-state index in [0.717, 1.165) is 36.3 Å². The number of nitrogens with zero attached hydrogens (tertiary/aromatic N) is 2. The number of rotatable bonds is 7. The molecule has 0 spiro atoms. The smallest absolute Gasteiger partial charge is 0.169 e. The molecule has 5 heteroatoms. The molecular weight excluding hydrogens is 317 g/mol. The second kappa shape index (κ2) is 7.83. The Labute approximate surface area is 146 Å². The van der Waals surface area contributed by atoms with E-state index in [1.165, 1.54) is 24.3 Å². The maximum atomic E-state index is 12.9. The third-order valence-corrected chi connectivity index (χ3v) is 4.19. The number of halogens is 1. The number of aromatic amines is 1. The van der Waals surface area contributed by atoms with Gasteiger partial charge in [-0.15, -0.1) is 0 Å². The minimum atomic E-state index is -0.324. The number of nitrogens with one attached hydrogen (secondary N) is 1. The summed E-state index contributed by atoms with van der Waals surface area (Å²) < 4.78 is 14.9. The predicted octanol–water partition coefficient (Wildman–Crippen LogP) is 3.73. The van der Waals surface area contributed by atoms with Gasteiger partial charge < -0.3 is 0 Å². The lowest BCUT2D eigenvalue weighted by molar-refractivity contribution is -0.697. The fourth-order valence-corrected chi connectivity index (χ4v) is 2.67. The molecular formula is C20H21FN3O+. The lowest BCUT2D eigenvalue weighted by atomic mass is 10.1. The average Bonchev–Trinajstić information content (AvgIpc) is 3.12. The molecule has 0 saturated carbocycles. The van der Waals surface area contributed by atoms with Gasteiger partial charge in [0, 0.05) is 41.8 Å². The predicted molar refractivity (Wildman–Crippen MR) is 93.6 cm³/mol. The molecule has 0 aliphatic rings.